The number of allylic oxidation sites excluding steroid dienone is 2. The molecular weight excluding hydrogens is 472 g/mol. The number of halogens is 1. The molecule has 6 heteroatoms. The van der Waals surface area contributed by atoms with Crippen molar-refractivity contribution >= 4 is 34.2 Å². The molecule has 0 amide bonds. The molecule has 1 heterocycles. The van der Waals surface area contributed by atoms with E-state index in [1.807, 2.05) is 31.2 Å². The zero-order valence-electron chi connectivity index (χ0n) is 20.3. The average molecular weight is 501 g/mol. The number of aromatic nitrogens is 1. The Morgan fingerprint density at radius 3 is 2.61 bits per heavy atom. The van der Waals surface area contributed by atoms with Gasteiger partial charge in [0.1, 0.15) is 5.76 Å². The molecule has 0 saturated heterocycles. The second kappa shape index (κ2) is 8.38. The van der Waals surface area contributed by atoms with Crippen molar-refractivity contribution in [3.63, 3.8) is 0 Å². The lowest BCUT2D eigenvalue weighted by Gasteiger charge is -2.22. The number of aliphatic carboxylic acids is 1. The van der Waals surface area contributed by atoms with Crippen molar-refractivity contribution in [2.45, 2.75) is 51.4 Å². The van der Waals surface area contributed by atoms with Gasteiger partial charge in [0.05, 0.1) is 10.9 Å². The third-order valence-corrected chi connectivity index (χ3v) is 8.67. The number of anilines is 1. The van der Waals surface area contributed by atoms with Gasteiger partial charge in [-0.05, 0) is 60.6 Å². The number of pyridine rings is 1. The number of nitrogens with two attached hydrogens (primary N) is 1. The van der Waals surface area contributed by atoms with E-state index in [0.717, 1.165) is 16.5 Å². The summed E-state index contributed by atoms with van der Waals surface area (Å²) in [4.78, 5) is 16.6. The molecule has 0 bridgehead atoms. The summed E-state index contributed by atoms with van der Waals surface area (Å²) in [5.41, 5.74) is 9.56. The summed E-state index contributed by atoms with van der Waals surface area (Å²) in [6.07, 6.45) is 12.5. The number of hydrogen-bond acceptors (Lipinski definition) is 4. The highest BCUT2D eigenvalue weighted by atomic mass is 35.5. The molecule has 0 aliphatic heterocycles. The van der Waals surface area contributed by atoms with E-state index in [4.69, 9.17) is 22.1 Å². The van der Waals surface area contributed by atoms with Crippen molar-refractivity contribution in [2.75, 3.05) is 5.73 Å². The van der Waals surface area contributed by atoms with Gasteiger partial charge in [-0.3, -0.25) is 4.79 Å². The Morgan fingerprint density at radius 1 is 1.14 bits per heavy atom. The van der Waals surface area contributed by atoms with E-state index in [2.05, 4.69) is 29.2 Å². The molecule has 2 fully saturated rings. The van der Waals surface area contributed by atoms with E-state index >= 15 is 0 Å². The van der Waals surface area contributed by atoms with E-state index in [0.29, 0.717) is 40.2 Å². The molecule has 3 aliphatic rings. The predicted molar refractivity (Wildman–Crippen MR) is 143 cm³/mol. The van der Waals surface area contributed by atoms with Crippen LogP contribution < -0.4 is 10.5 Å². The number of carbonyl (C=O) groups is 1. The molecule has 2 saturated carbocycles. The molecule has 6 rings (SSSR count). The highest BCUT2D eigenvalue weighted by Gasteiger charge is 2.68. The topological polar surface area (TPSA) is 85.4 Å². The van der Waals surface area contributed by atoms with Gasteiger partial charge in [-0.2, -0.15) is 0 Å². The first kappa shape index (κ1) is 23.1. The fourth-order valence-corrected chi connectivity index (χ4v) is 6.25. The SMILES string of the molecule is CC12C=CC(Oc3cc(N)c4cc(Cl)c(-c5ccc(C6CCCCC6)cc5)cc4n3)=CC1(C(=O)O)C2. The minimum absolute atomic E-state index is 0.321. The molecule has 2 atom stereocenters. The van der Waals surface area contributed by atoms with E-state index in [1.165, 1.54) is 37.7 Å². The molecule has 184 valence electrons. The summed E-state index contributed by atoms with van der Waals surface area (Å²) in [6.45, 7) is 1.95. The van der Waals surface area contributed by atoms with E-state index in [-0.39, 0.29) is 5.41 Å². The normalized spacial score (nSPS) is 25.3. The average Bonchev–Trinajstić information content (AvgIpc) is 3.52. The fraction of sp³-hybridized carbons (Fsp3) is 0.333. The summed E-state index contributed by atoms with van der Waals surface area (Å²) >= 11 is 6.68. The Kier molecular flexibility index (Phi) is 5.38. The van der Waals surface area contributed by atoms with Crippen molar-refractivity contribution in [1.29, 1.82) is 0 Å². The summed E-state index contributed by atoms with van der Waals surface area (Å²) < 4.78 is 6.01. The smallest absolute Gasteiger partial charge is 0.314 e. The van der Waals surface area contributed by atoms with Crippen LogP contribution in [0.15, 0.2) is 66.5 Å². The first-order valence-corrected chi connectivity index (χ1v) is 13.0. The Labute approximate surface area is 215 Å². The van der Waals surface area contributed by atoms with Gasteiger partial charge in [-0.25, -0.2) is 4.98 Å². The summed E-state index contributed by atoms with van der Waals surface area (Å²) in [6, 6.07) is 14.2. The lowest BCUT2D eigenvalue weighted by molar-refractivity contribution is -0.142. The molecule has 3 aromatic rings. The maximum absolute atomic E-state index is 11.9. The van der Waals surface area contributed by atoms with Crippen LogP contribution in [0.1, 0.15) is 56.9 Å². The first-order chi connectivity index (χ1) is 17.3. The molecule has 2 aromatic carbocycles. The molecule has 5 nitrogen and oxygen atoms in total. The zero-order valence-corrected chi connectivity index (χ0v) is 21.0. The van der Waals surface area contributed by atoms with Crippen LogP contribution in [0.3, 0.4) is 0 Å². The number of ether oxygens (including phenoxy) is 1. The number of hydrogen-bond donors (Lipinski definition) is 2. The highest BCUT2D eigenvalue weighted by molar-refractivity contribution is 6.34. The van der Waals surface area contributed by atoms with Gasteiger partial charge in [0.25, 0.3) is 0 Å². The van der Waals surface area contributed by atoms with Gasteiger partial charge in [0.15, 0.2) is 0 Å². The number of carboxylic acids is 1. The molecule has 0 radical (unpaired) electrons. The Hall–Kier alpha value is -3.31. The third-order valence-electron chi connectivity index (χ3n) is 8.35. The lowest BCUT2D eigenvalue weighted by atomic mass is 9.83. The van der Waals surface area contributed by atoms with E-state index in [9.17, 15) is 9.90 Å². The number of nitrogen functional groups attached to an aromatic ring is 1. The van der Waals surface area contributed by atoms with Crippen LogP contribution in [0.4, 0.5) is 5.69 Å². The van der Waals surface area contributed by atoms with Crippen molar-refractivity contribution < 1.29 is 14.6 Å². The van der Waals surface area contributed by atoms with Gasteiger partial charge in [0, 0.05) is 33.1 Å². The number of fused-ring (bicyclic) bond motifs is 2. The van der Waals surface area contributed by atoms with Crippen LogP contribution in [0, 0.1) is 10.8 Å². The quantitative estimate of drug-likeness (QED) is 0.379. The summed E-state index contributed by atoms with van der Waals surface area (Å²) in [7, 11) is 0. The van der Waals surface area contributed by atoms with Gasteiger partial charge in [0.2, 0.25) is 5.88 Å². The first-order valence-electron chi connectivity index (χ1n) is 12.6. The molecular formula is C30H29ClN2O3. The maximum atomic E-state index is 11.9. The summed E-state index contributed by atoms with van der Waals surface area (Å²) in [5, 5.41) is 11.1. The van der Waals surface area contributed by atoms with Crippen molar-refractivity contribution in [1.82, 2.24) is 4.98 Å². The monoisotopic (exact) mass is 500 g/mol. The van der Waals surface area contributed by atoms with Crippen LogP contribution in [0.2, 0.25) is 5.02 Å². The van der Waals surface area contributed by atoms with Gasteiger partial charge >= 0.3 is 5.97 Å². The number of rotatable bonds is 5. The van der Waals surface area contributed by atoms with E-state index in [1.54, 1.807) is 12.1 Å². The Morgan fingerprint density at radius 2 is 1.89 bits per heavy atom. The lowest BCUT2D eigenvalue weighted by Crippen LogP contribution is -2.22. The van der Waals surface area contributed by atoms with Crippen LogP contribution in [0.5, 0.6) is 5.88 Å². The maximum Gasteiger partial charge on any atom is 0.314 e. The van der Waals surface area contributed by atoms with E-state index < -0.39 is 11.4 Å². The number of nitrogens with zero attached hydrogens (tertiary/aromatic N) is 1. The van der Waals surface area contributed by atoms with Crippen molar-refractivity contribution in [2.24, 2.45) is 10.8 Å². The molecule has 36 heavy (non-hydrogen) atoms. The number of carboxylic acid groups (broad SMARTS) is 1. The molecule has 1 aromatic heterocycles. The molecule has 3 aliphatic carbocycles. The second-order valence-electron chi connectivity index (χ2n) is 10.7. The standard InChI is InChI=1S/C30H29ClN2O3/c1-29-12-11-21(16-30(29,17-29)28(34)35)36-27-15-25(32)23-13-24(31)22(14-26(23)33-27)20-9-7-19(8-10-20)18-5-3-2-4-6-18/h7-16,18H,2-6,17H2,1H3,(H2,32,33)(H,34,35). The molecule has 2 unspecified atom stereocenters. The molecule has 0 spiro atoms. The minimum atomic E-state index is -0.913. The van der Waals surface area contributed by atoms with Gasteiger partial charge in [-0.1, -0.05) is 68.1 Å². The predicted octanol–water partition coefficient (Wildman–Crippen LogP) is 7.50. The van der Waals surface area contributed by atoms with Crippen molar-refractivity contribution in [3.8, 4) is 17.0 Å². The van der Waals surface area contributed by atoms with Gasteiger partial charge < -0.3 is 15.6 Å². The molecule has 3 N–H and O–H groups in total. The zero-order chi connectivity index (χ0) is 25.1. The minimum Gasteiger partial charge on any atom is -0.481 e. The van der Waals surface area contributed by atoms with Gasteiger partial charge in [-0.15, -0.1) is 0 Å². The van der Waals surface area contributed by atoms with Crippen molar-refractivity contribution in [3.05, 3.63) is 77.0 Å². The van der Waals surface area contributed by atoms with Crippen LogP contribution >= 0.6 is 11.6 Å². The second-order valence-corrected chi connectivity index (χ2v) is 11.1. The third kappa shape index (κ3) is 3.77. The summed E-state index contributed by atoms with van der Waals surface area (Å²) in [5.74, 6) is 0.598. The number of benzene rings is 2. The van der Waals surface area contributed by atoms with Crippen LogP contribution in [-0.4, -0.2) is 16.1 Å². The highest BCUT2D eigenvalue weighted by Crippen LogP contribution is 2.67. The Balaban J connectivity index is 1.31. The Bertz CT molecular complexity index is 1440. The largest absolute Gasteiger partial charge is 0.481 e. The van der Waals surface area contributed by atoms with Crippen LogP contribution in [-0.2, 0) is 4.79 Å². The van der Waals surface area contributed by atoms with Crippen LogP contribution in [0.25, 0.3) is 22.0 Å². The fourth-order valence-electron chi connectivity index (χ4n) is 5.97.